The zero-order valence-electron chi connectivity index (χ0n) is 14.6. The van der Waals surface area contributed by atoms with Gasteiger partial charge in [0.1, 0.15) is 0 Å². The second kappa shape index (κ2) is 6.17. The average molecular weight is 335 g/mol. The van der Waals surface area contributed by atoms with Gasteiger partial charge < -0.3 is 5.73 Å². The fourth-order valence-electron chi connectivity index (χ4n) is 5.08. The topological polar surface area (TPSA) is 60.9 Å². The van der Waals surface area contributed by atoms with Crippen LogP contribution in [-0.2, 0) is 0 Å². The molecule has 4 nitrogen and oxygen atoms in total. The minimum absolute atomic E-state index is 0.314. The first-order chi connectivity index (χ1) is 12.1. The van der Waals surface area contributed by atoms with E-state index < -0.39 is 0 Å². The SMILES string of the molecule is C=Cc1cnn(C2C[C@H]3C([C@@H](CC)c4ccccc4C(N)=O)[C@@H]3C2)c1. The Balaban J connectivity index is 1.50. The number of nitrogens with zero attached hydrogens (tertiary/aromatic N) is 2. The highest BCUT2D eigenvalue weighted by atomic mass is 16.1. The number of carbonyl (C=O) groups excluding carboxylic acids is 1. The smallest absolute Gasteiger partial charge is 0.248 e. The normalized spacial score (nSPS) is 26.2. The number of hydrogen-bond donors (Lipinski definition) is 1. The van der Waals surface area contributed by atoms with E-state index in [2.05, 4.69) is 35.5 Å². The van der Waals surface area contributed by atoms with Crippen LogP contribution in [0.25, 0.3) is 6.08 Å². The van der Waals surface area contributed by atoms with Gasteiger partial charge in [-0.15, -0.1) is 0 Å². The Labute approximate surface area is 148 Å². The van der Waals surface area contributed by atoms with Crippen molar-refractivity contribution in [1.82, 2.24) is 9.78 Å². The first-order valence-corrected chi connectivity index (χ1v) is 9.19. The standard InChI is InChI=1S/C21H25N3O/c1-3-13-11-23-24(12-13)14-9-18-19(10-14)20(18)15(4-2)16-7-5-6-8-17(16)21(22)25/h3,5-8,11-12,14-15,18-20H,1,4,9-10H2,2H3,(H2,22,25)/t14?,15-,18+,19+,20?/m0/s1. The van der Waals surface area contributed by atoms with Crippen LogP contribution in [0.4, 0.5) is 0 Å². The average Bonchev–Trinajstić information content (AvgIpc) is 3.01. The molecule has 4 rings (SSSR count). The highest BCUT2D eigenvalue weighted by Crippen LogP contribution is 2.66. The number of nitrogens with two attached hydrogens (primary N) is 1. The van der Waals surface area contributed by atoms with Crippen molar-refractivity contribution in [2.75, 3.05) is 0 Å². The molecule has 2 aliphatic carbocycles. The molecule has 2 N–H and O–H groups in total. The van der Waals surface area contributed by atoms with Crippen molar-refractivity contribution in [3.8, 4) is 0 Å². The molecule has 25 heavy (non-hydrogen) atoms. The number of carbonyl (C=O) groups is 1. The highest BCUT2D eigenvalue weighted by molar-refractivity contribution is 5.94. The second-order valence-electron chi connectivity index (χ2n) is 7.45. The van der Waals surface area contributed by atoms with Crippen molar-refractivity contribution in [3.05, 3.63) is 59.9 Å². The molecule has 0 radical (unpaired) electrons. The molecular formula is C21H25N3O. The maximum absolute atomic E-state index is 11.8. The second-order valence-corrected chi connectivity index (χ2v) is 7.45. The van der Waals surface area contributed by atoms with Gasteiger partial charge in [-0.3, -0.25) is 9.48 Å². The molecular weight excluding hydrogens is 310 g/mol. The predicted molar refractivity (Wildman–Crippen MR) is 99.1 cm³/mol. The fourth-order valence-corrected chi connectivity index (χ4v) is 5.08. The van der Waals surface area contributed by atoms with E-state index in [1.165, 1.54) is 12.8 Å². The molecule has 2 saturated carbocycles. The molecule has 0 saturated heterocycles. The number of rotatable bonds is 6. The van der Waals surface area contributed by atoms with Gasteiger partial charge in [0.25, 0.3) is 0 Å². The van der Waals surface area contributed by atoms with Crippen LogP contribution in [0.3, 0.4) is 0 Å². The minimum atomic E-state index is -0.314. The molecule has 1 amide bonds. The number of amides is 1. The monoisotopic (exact) mass is 335 g/mol. The summed E-state index contributed by atoms with van der Waals surface area (Å²) >= 11 is 0. The van der Waals surface area contributed by atoms with Crippen LogP contribution < -0.4 is 5.73 Å². The summed E-state index contributed by atoms with van der Waals surface area (Å²) in [5.74, 6) is 2.28. The number of benzene rings is 1. The van der Waals surface area contributed by atoms with Gasteiger partial charge in [0.15, 0.2) is 0 Å². The van der Waals surface area contributed by atoms with Crippen molar-refractivity contribution in [3.63, 3.8) is 0 Å². The zero-order valence-corrected chi connectivity index (χ0v) is 14.6. The molecule has 1 heterocycles. The molecule has 2 aromatic rings. The lowest BCUT2D eigenvalue weighted by atomic mass is 9.84. The molecule has 4 heteroatoms. The van der Waals surface area contributed by atoms with Crippen LogP contribution in [-0.4, -0.2) is 15.7 Å². The van der Waals surface area contributed by atoms with Gasteiger partial charge >= 0.3 is 0 Å². The van der Waals surface area contributed by atoms with E-state index in [4.69, 9.17) is 5.73 Å². The largest absolute Gasteiger partial charge is 0.366 e. The van der Waals surface area contributed by atoms with E-state index in [-0.39, 0.29) is 5.91 Å². The minimum Gasteiger partial charge on any atom is -0.366 e. The third-order valence-electron chi connectivity index (χ3n) is 6.25. The van der Waals surface area contributed by atoms with Gasteiger partial charge in [-0.2, -0.15) is 5.10 Å². The van der Waals surface area contributed by atoms with Gasteiger partial charge in [-0.05, 0) is 54.6 Å². The third-order valence-corrected chi connectivity index (χ3v) is 6.25. The lowest BCUT2D eigenvalue weighted by molar-refractivity contribution is 0.0998. The van der Waals surface area contributed by atoms with Crippen molar-refractivity contribution in [1.29, 1.82) is 0 Å². The third kappa shape index (κ3) is 2.70. The van der Waals surface area contributed by atoms with E-state index >= 15 is 0 Å². The first kappa shape index (κ1) is 16.1. The summed E-state index contributed by atoms with van der Waals surface area (Å²) in [6, 6.07) is 8.37. The van der Waals surface area contributed by atoms with Crippen molar-refractivity contribution in [2.24, 2.45) is 23.5 Å². The Bertz CT molecular complexity index is 797. The summed E-state index contributed by atoms with van der Waals surface area (Å²) in [6.07, 6.45) is 9.24. The summed E-state index contributed by atoms with van der Waals surface area (Å²) in [4.78, 5) is 11.8. The van der Waals surface area contributed by atoms with Gasteiger partial charge in [-0.1, -0.05) is 37.8 Å². The number of hydrogen-bond acceptors (Lipinski definition) is 2. The molecule has 130 valence electrons. The molecule has 0 unspecified atom stereocenters. The quantitative estimate of drug-likeness (QED) is 0.867. The lowest BCUT2D eigenvalue weighted by Gasteiger charge is -2.22. The molecule has 2 aliphatic rings. The summed E-state index contributed by atoms with van der Waals surface area (Å²) < 4.78 is 2.11. The molecule has 1 aromatic heterocycles. The molecule has 3 atom stereocenters. The van der Waals surface area contributed by atoms with Gasteiger partial charge in [0, 0.05) is 17.3 Å². The van der Waals surface area contributed by atoms with Crippen LogP contribution in [0, 0.1) is 17.8 Å². The highest BCUT2D eigenvalue weighted by Gasteiger charge is 2.59. The van der Waals surface area contributed by atoms with E-state index in [0.717, 1.165) is 29.4 Å². The lowest BCUT2D eigenvalue weighted by Crippen LogP contribution is -2.18. The van der Waals surface area contributed by atoms with Gasteiger partial charge in [0.05, 0.1) is 12.2 Å². The Hall–Kier alpha value is -2.36. The van der Waals surface area contributed by atoms with Gasteiger partial charge in [-0.25, -0.2) is 0 Å². The Morgan fingerprint density at radius 3 is 2.72 bits per heavy atom. The van der Waals surface area contributed by atoms with Crippen LogP contribution >= 0.6 is 0 Å². The Morgan fingerprint density at radius 1 is 1.40 bits per heavy atom. The summed E-state index contributed by atoms with van der Waals surface area (Å²) in [5, 5.41) is 4.49. The van der Waals surface area contributed by atoms with Crippen LogP contribution in [0.1, 0.15) is 59.6 Å². The molecule has 1 aromatic carbocycles. The zero-order chi connectivity index (χ0) is 17.6. The summed E-state index contributed by atoms with van der Waals surface area (Å²) in [5.41, 5.74) is 8.51. The maximum Gasteiger partial charge on any atom is 0.248 e. The molecule has 0 spiro atoms. The summed E-state index contributed by atoms with van der Waals surface area (Å²) in [7, 11) is 0. The molecule has 2 fully saturated rings. The molecule has 0 aliphatic heterocycles. The van der Waals surface area contributed by atoms with E-state index in [1.807, 2.05) is 30.5 Å². The van der Waals surface area contributed by atoms with E-state index in [0.29, 0.717) is 23.4 Å². The van der Waals surface area contributed by atoms with Crippen LogP contribution in [0.15, 0.2) is 43.2 Å². The predicted octanol–water partition coefficient (Wildman–Crippen LogP) is 4.02. The van der Waals surface area contributed by atoms with E-state index in [9.17, 15) is 4.79 Å². The fraction of sp³-hybridized carbons (Fsp3) is 0.429. The number of fused-ring (bicyclic) bond motifs is 1. The molecule has 0 bridgehead atoms. The summed E-state index contributed by atoms with van der Waals surface area (Å²) in [6.45, 7) is 6.03. The van der Waals surface area contributed by atoms with Crippen molar-refractivity contribution >= 4 is 12.0 Å². The van der Waals surface area contributed by atoms with E-state index in [1.54, 1.807) is 0 Å². The Kier molecular flexibility index (Phi) is 3.98. The van der Waals surface area contributed by atoms with Crippen molar-refractivity contribution in [2.45, 2.75) is 38.1 Å². The number of aromatic nitrogens is 2. The van der Waals surface area contributed by atoms with Crippen molar-refractivity contribution < 1.29 is 4.79 Å². The van der Waals surface area contributed by atoms with Crippen LogP contribution in [0.5, 0.6) is 0 Å². The first-order valence-electron chi connectivity index (χ1n) is 9.19. The maximum atomic E-state index is 11.8. The number of primary amides is 1. The van der Waals surface area contributed by atoms with Crippen LogP contribution in [0.2, 0.25) is 0 Å². The van der Waals surface area contributed by atoms with Gasteiger partial charge in [0.2, 0.25) is 5.91 Å². The Morgan fingerprint density at radius 2 is 2.12 bits per heavy atom.